The molecule has 4 rings (SSSR count). The van der Waals surface area contributed by atoms with Crippen LogP contribution in [-0.4, -0.2) is 15.9 Å². The molecule has 0 aliphatic carbocycles. The van der Waals surface area contributed by atoms with Crippen molar-refractivity contribution in [3.63, 3.8) is 0 Å². The minimum atomic E-state index is -0.130. The van der Waals surface area contributed by atoms with Gasteiger partial charge in [-0.2, -0.15) is 0 Å². The molecule has 132 valence electrons. The lowest BCUT2D eigenvalue weighted by molar-refractivity contribution is 0.0952. The Morgan fingerprint density at radius 2 is 1.74 bits per heavy atom. The average Bonchev–Trinajstić information content (AvgIpc) is 2.72. The van der Waals surface area contributed by atoms with Gasteiger partial charge in [0.05, 0.1) is 29.0 Å². The number of nitrogens with zero attached hydrogens (tertiary/aromatic N) is 2. The Morgan fingerprint density at radius 3 is 2.56 bits per heavy atom. The van der Waals surface area contributed by atoms with E-state index in [9.17, 15) is 4.79 Å². The van der Waals surface area contributed by atoms with E-state index in [4.69, 9.17) is 4.98 Å². The molecule has 0 aliphatic heterocycles. The zero-order valence-corrected chi connectivity index (χ0v) is 15.0. The van der Waals surface area contributed by atoms with Crippen LogP contribution in [0.3, 0.4) is 0 Å². The first kappa shape index (κ1) is 16.9. The molecule has 4 nitrogen and oxygen atoms in total. The first-order chi connectivity index (χ1) is 13.2. The van der Waals surface area contributed by atoms with Crippen LogP contribution in [0.15, 0.2) is 79.0 Å². The zero-order valence-electron chi connectivity index (χ0n) is 15.0. The second kappa shape index (κ2) is 7.38. The van der Waals surface area contributed by atoms with Crippen LogP contribution in [-0.2, 0) is 6.54 Å². The molecule has 0 spiro atoms. The van der Waals surface area contributed by atoms with Crippen LogP contribution < -0.4 is 5.32 Å². The molecule has 0 radical (unpaired) electrons. The molecule has 0 saturated carbocycles. The molecule has 0 atom stereocenters. The highest BCUT2D eigenvalue weighted by Crippen LogP contribution is 2.27. The molecule has 0 saturated heterocycles. The van der Waals surface area contributed by atoms with Gasteiger partial charge in [-0.15, -0.1) is 0 Å². The third-order valence-electron chi connectivity index (χ3n) is 4.54. The molecule has 0 fully saturated rings. The van der Waals surface area contributed by atoms with Crippen molar-refractivity contribution in [2.75, 3.05) is 0 Å². The van der Waals surface area contributed by atoms with Crippen molar-refractivity contribution in [2.45, 2.75) is 13.5 Å². The number of aromatic nitrogens is 2. The van der Waals surface area contributed by atoms with Crippen LogP contribution in [0.4, 0.5) is 0 Å². The Bertz CT molecular complexity index is 1110. The second-order valence-electron chi connectivity index (χ2n) is 6.39. The third kappa shape index (κ3) is 3.55. The highest BCUT2D eigenvalue weighted by molar-refractivity contribution is 6.07. The van der Waals surface area contributed by atoms with Crippen LogP contribution in [0.1, 0.15) is 21.6 Å². The first-order valence-corrected chi connectivity index (χ1v) is 8.86. The van der Waals surface area contributed by atoms with E-state index in [1.807, 2.05) is 79.7 Å². The number of rotatable bonds is 4. The van der Waals surface area contributed by atoms with Gasteiger partial charge in [-0.1, -0.05) is 48.5 Å². The van der Waals surface area contributed by atoms with E-state index in [1.54, 1.807) is 6.20 Å². The Hall–Kier alpha value is -3.53. The molecule has 4 aromatic rings. The van der Waals surface area contributed by atoms with Crippen molar-refractivity contribution in [3.8, 4) is 11.3 Å². The molecule has 1 N–H and O–H groups in total. The average molecular weight is 353 g/mol. The van der Waals surface area contributed by atoms with E-state index in [0.29, 0.717) is 12.1 Å². The highest BCUT2D eigenvalue weighted by Gasteiger charge is 2.14. The predicted molar refractivity (Wildman–Crippen MR) is 107 cm³/mol. The van der Waals surface area contributed by atoms with Gasteiger partial charge in [0.2, 0.25) is 0 Å². The summed E-state index contributed by atoms with van der Waals surface area (Å²) in [6.45, 7) is 2.43. The monoisotopic (exact) mass is 353 g/mol. The molecular weight excluding hydrogens is 334 g/mol. The lowest BCUT2D eigenvalue weighted by Crippen LogP contribution is -2.23. The maximum Gasteiger partial charge on any atom is 0.252 e. The van der Waals surface area contributed by atoms with E-state index in [0.717, 1.165) is 33.4 Å². The maximum absolute atomic E-state index is 12.9. The minimum Gasteiger partial charge on any atom is -0.346 e. The van der Waals surface area contributed by atoms with E-state index in [2.05, 4.69) is 10.3 Å². The van der Waals surface area contributed by atoms with Crippen LogP contribution in [0, 0.1) is 6.92 Å². The van der Waals surface area contributed by atoms with Crippen LogP contribution >= 0.6 is 0 Å². The van der Waals surface area contributed by atoms with Gasteiger partial charge in [0.1, 0.15) is 0 Å². The van der Waals surface area contributed by atoms with Gasteiger partial charge in [0.15, 0.2) is 0 Å². The number of nitrogens with one attached hydrogen (secondary N) is 1. The van der Waals surface area contributed by atoms with Crippen molar-refractivity contribution in [2.24, 2.45) is 0 Å². The van der Waals surface area contributed by atoms with Crippen LogP contribution in [0.5, 0.6) is 0 Å². The van der Waals surface area contributed by atoms with E-state index in [-0.39, 0.29) is 5.91 Å². The largest absolute Gasteiger partial charge is 0.346 e. The van der Waals surface area contributed by atoms with Gasteiger partial charge in [0.25, 0.3) is 5.91 Å². The van der Waals surface area contributed by atoms with Crippen LogP contribution in [0.2, 0.25) is 0 Å². The number of carbonyl (C=O) groups excluding carboxylic acids is 1. The van der Waals surface area contributed by atoms with Gasteiger partial charge in [0, 0.05) is 17.1 Å². The standard InChI is InChI=1S/C23H19N3O/c1-16-8-2-3-10-18(16)22-14-20(19-11-4-5-12-21(19)26-22)23(27)25-15-17-9-6-7-13-24-17/h2-14H,15H2,1H3,(H,25,27). The van der Waals surface area contributed by atoms with Crippen molar-refractivity contribution < 1.29 is 4.79 Å². The Kier molecular flexibility index (Phi) is 4.62. The summed E-state index contributed by atoms with van der Waals surface area (Å²) in [6.07, 6.45) is 1.72. The molecule has 2 heterocycles. The van der Waals surface area contributed by atoms with Gasteiger partial charge in [-0.25, -0.2) is 4.98 Å². The van der Waals surface area contributed by atoms with Crippen molar-refractivity contribution in [1.82, 2.24) is 15.3 Å². The summed E-state index contributed by atoms with van der Waals surface area (Å²) in [7, 11) is 0. The van der Waals surface area contributed by atoms with E-state index < -0.39 is 0 Å². The molecule has 4 heteroatoms. The molecule has 0 aliphatic rings. The summed E-state index contributed by atoms with van der Waals surface area (Å²) in [6, 6.07) is 23.3. The minimum absolute atomic E-state index is 0.130. The molecule has 0 bridgehead atoms. The zero-order chi connectivity index (χ0) is 18.6. The maximum atomic E-state index is 12.9. The summed E-state index contributed by atoms with van der Waals surface area (Å²) in [5, 5.41) is 3.81. The first-order valence-electron chi connectivity index (χ1n) is 8.86. The Morgan fingerprint density at radius 1 is 0.963 bits per heavy atom. The number of carbonyl (C=O) groups is 1. The fourth-order valence-corrected chi connectivity index (χ4v) is 3.13. The number of fused-ring (bicyclic) bond motifs is 1. The third-order valence-corrected chi connectivity index (χ3v) is 4.54. The van der Waals surface area contributed by atoms with Crippen molar-refractivity contribution in [1.29, 1.82) is 0 Å². The topological polar surface area (TPSA) is 54.9 Å². The highest BCUT2D eigenvalue weighted by atomic mass is 16.1. The Balaban J connectivity index is 1.74. The van der Waals surface area contributed by atoms with Gasteiger partial charge >= 0.3 is 0 Å². The summed E-state index contributed by atoms with van der Waals surface area (Å²) >= 11 is 0. The molecule has 27 heavy (non-hydrogen) atoms. The summed E-state index contributed by atoms with van der Waals surface area (Å²) in [5.41, 5.74) is 5.20. The summed E-state index contributed by atoms with van der Waals surface area (Å²) in [4.78, 5) is 22.0. The fraction of sp³-hybridized carbons (Fsp3) is 0.0870. The summed E-state index contributed by atoms with van der Waals surface area (Å²) < 4.78 is 0. The number of aryl methyl sites for hydroxylation is 1. The molecule has 0 unspecified atom stereocenters. The number of hydrogen-bond donors (Lipinski definition) is 1. The SMILES string of the molecule is Cc1ccccc1-c1cc(C(=O)NCc2ccccn2)c2ccccc2n1. The van der Waals surface area contributed by atoms with Gasteiger partial charge in [-0.3, -0.25) is 9.78 Å². The van der Waals surface area contributed by atoms with Crippen molar-refractivity contribution in [3.05, 3.63) is 95.8 Å². The van der Waals surface area contributed by atoms with Crippen LogP contribution in [0.25, 0.3) is 22.2 Å². The quantitative estimate of drug-likeness (QED) is 0.586. The lowest BCUT2D eigenvalue weighted by atomic mass is 10.0. The number of para-hydroxylation sites is 1. The number of benzene rings is 2. The van der Waals surface area contributed by atoms with Gasteiger partial charge < -0.3 is 5.32 Å². The molecule has 1 amide bonds. The van der Waals surface area contributed by atoms with Crippen molar-refractivity contribution >= 4 is 16.8 Å². The number of hydrogen-bond acceptors (Lipinski definition) is 3. The normalized spacial score (nSPS) is 10.7. The summed E-state index contributed by atoms with van der Waals surface area (Å²) in [5.74, 6) is -0.130. The molecule has 2 aromatic heterocycles. The molecular formula is C23H19N3O. The van der Waals surface area contributed by atoms with E-state index >= 15 is 0 Å². The Labute approximate surface area is 157 Å². The smallest absolute Gasteiger partial charge is 0.252 e. The number of pyridine rings is 2. The fourth-order valence-electron chi connectivity index (χ4n) is 3.13. The lowest BCUT2D eigenvalue weighted by Gasteiger charge is -2.12. The second-order valence-corrected chi connectivity index (χ2v) is 6.39. The van der Waals surface area contributed by atoms with E-state index in [1.165, 1.54) is 0 Å². The van der Waals surface area contributed by atoms with Gasteiger partial charge in [-0.05, 0) is 36.8 Å². The molecule has 2 aromatic carbocycles. The number of amides is 1. The predicted octanol–water partition coefficient (Wildman–Crippen LogP) is 4.54.